The molecule has 2 aliphatic rings. The summed E-state index contributed by atoms with van der Waals surface area (Å²) in [5.74, 6) is -0.0739. The van der Waals surface area contributed by atoms with Gasteiger partial charge < -0.3 is 14.9 Å². The van der Waals surface area contributed by atoms with Crippen LogP contribution in [-0.4, -0.2) is 64.1 Å². The second kappa shape index (κ2) is 6.12. The summed E-state index contributed by atoms with van der Waals surface area (Å²) >= 11 is 0. The molecule has 1 unspecified atom stereocenters. The fourth-order valence-electron chi connectivity index (χ4n) is 3.42. The van der Waals surface area contributed by atoms with Crippen molar-refractivity contribution in [3.8, 4) is 0 Å². The average molecular weight is 289 g/mol. The highest BCUT2D eigenvalue weighted by molar-refractivity contribution is 5.92. The van der Waals surface area contributed by atoms with Crippen LogP contribution in [-0.2, 0) is 0 Å². The highest BCUT2D eigenvalue weighted by atomic mass is 16.3. The molecule has 1 aromatic heterocycles. The van der Waals surface area contributed by atoms with Crippen LogP contribution in [0.2, 0.25) is 0 Å². The molecule has 114 valence electrons. The maximum Gasteiger partial charge on any atom is 0.272 e. The lowest BCUT2D eigenvalue weighted by Crippen LogP contribution is -2.55. The molecule has 5 heteroatoms. The van der Waals surface area contributed by atoms with Gasteiger partial charge in [0, 0.05) is 19.3 Å². The molecule has 0 spiro atoms. The van der Waals surface area contributed by atoms with E-state index >= 15 is 0 Å². The van der Waals surface area contributed by atoms with Crippen molar-refractivity contribution in [1.82, 2.24) is 14.8 Å². The number of piperidine rings is 1. The van der Waals surface area contributed by atoms with Crippen LogP contribution in [0.15, 0.2) is 24.4 Å². The summed E-state index contributed by atoms with van der Waals surface area (Å²) in [6, 6.07) is 5.35. The van der Waals surface area contributed by atoms with Gasteiger partial charge >= 0.3 is 0 Å². The number of carbonyl (C=O) groups excluding carboxylic acids is 1. The number of aliphatic hydroxyl groups is 1. The summed E-state index contributed by atoms with van der Waals surface area (Å²) in [5.41, 5.74) is -0.310. The smallest absolute Gasteiger partial charge is 0.272 e. The molecule has 0 aliphatic carbocycles. The fraction of sp³-hybridized carbons (Fsp3) is 0.625. The summed E-state index contributed by atoms with van der Waals surface area (Å²) in [5, 5.41) is 10.8. The lowest BCUT2D eigenvalue weighted by atomic mass is 9.92. The quantitative estimate of drug-likeness (QED) is 0.907. The summed E-state index contributed by atoms with van der Waals surface area (Å²) in [6.07, 6.45) is 5.69. The maximum absolute atomic E-state index is 12.5. The predicted octanol–water partition coefficient (Wildman–Crippen LogP) is 1.14. The molecule has 2 aliphatic heterocycles. The minimum atomic E-state index is -0.771. The Morgan fingerprint density at radius 2 is 2.05 bits per heavy atom. The number of aromatic nitrogens is 1. The van der Waals surface area contributed by atoms with Crippen LogP contribution in [0.5, 0.6) is 0 Å². The van der Waals surface area contributed by atoms with Gasteiger partial charge in [0.2, 0.25) is 0 Å². The number of amides is 1. The molecule has 3 heterocycles. The van der Waals surface area contributed by atoms with E-state index < -0.39 is 5.60 Å². The first-order valence-electron chi connectivity index (χ1n) is 7.81. The number of likely N-dealkylation sites (tertiary alicyclic amines) is 2. The second-order valence-corrected chi connectivity index (χ2v) is 6.25. The number of nitrogens with zero attached hydrogens (tertiary/aromatic N) is 3. The minimum absolute atomic E-state index is 0.0739. The third-order valence-corrected chi connectivity index (χ3v) is 4.44. The molecule has 1 atom stereocenters. The number of rotatable bonds is 3. The van der Waals surface area contributed by atoms with Crippen molar-refractivity contribution in [2.45, 2.75) is 31.3 Å². The van der Waals surface area contributed by atoms with Crippen LogP contribution in [0.4, 0.5) is 0 Å². The van der Waals surface area contributed by atoms with E-state index in [-0.39, 0.29) is 5.91 Å². The molecule has 1 N–H and O–H groups in total. The van der Waals surface area contributed by atoms with Crippen molar-refractivity contribution < 1.29 is 9.90 Å². The van der Waals surface area contributed by atoms with E-state index in [2.05, 4.69) is 9.88 Å². The molecular formula is C16H23N3O2. The Labute approximate surface area is 125 Å². The standard InChI is InChI=1S/C16H23N3O2/c20-15(14-6-1-2-8-17-14)19-11-5-7-16(21,13-19)12-18-9-3-4-10-18/h1-2,6,8,21H,3-5,7,9-13H2. The van der Waals surface area contributed by atoms with E-state index in [1.807, 2.05) is 6.07 Å². The van der Waals surface area contributed by atoms with Crippen molar-refractivity contribution >= 4 is 5.91 Å². The Kier molecular flexibility index (Phi) is 4.22. The zero-order valence-electron chi connectivity index (χ0n) is 12.4. The molecule has 2 saturated heterocycles. The zero-order chi connectivity index (χ0) is 14.7. The Hall–Kier alpha value is -1.46. The highest BCUT2D eigenvalue weighted by Gasteiger charge is 2.37. The molecule has 1 aromatic rings. The summed E-state index contributed by atoms with van der Waals surface area (Å²) in [7, 11) is 0. The summed E-state index contributed by atoms with van der Waals surface area (Å²) in [6.45, 7) is 3.93. The van der Waals surface area contributed by atoms with Gasteiger partial charge in [-0.15, -0.1) is 0 Å². The Morgan fingerprint density at radius 3 is 2.76 bits per heavy atom. The van der Waals surface area contributed by atoms with E-state index in [1.54, 1.807) is 23.2 Å². The van der Waals surface area contributed by atoms with Crippen molar-refractivity contribution in [3.05, 3.63) is 30.1 Å². The van der Waals surface area contributed by atoms with Gasteiger partial charge in [0.15, 0.2) is 0 Å². The molecule has 0 radical (unpaired) electrons. The molecule has 5 nitrogen and oxygen atoms in total. The number of hydrogen-bond acceptors (Lipinski definition) is 4. The zero-order valence-corrected chi connectivity index (χ0v) is 12.4. The van der Waals surface area contributed by atoms with Crippen LogP contribution in [0.1, 0.15) is 36.2 Å². The van der Waals surface area contributed by atoms with Gasteiger partial charge in [-0.1, -0.05) is 6.07 Å². The molecular weight excluding hydrogens is 266 g/mol. The second-order valence-electron chi connectivity index (χ2n) is 6.25. The fourth-order valence-corrected chi connectivity index (χ4v) is 3.42. The SMILES string of the molecule is O=C(c1ccccn1)N1CCCC(O)(CN2CCCC2)C1. The van der Waals surface area contributed by atoms with Crippen molar-refractivity contribution in [3.63, 3.8) is 0 Å². The van der Waals surface area contributed by atoms with Gasteiger partial charge in [0.05, 0.1) is 12.1 Å². The third kappa shape index (κ3) is 3.41. The van der Waals surface area contributed by atoms with Crippen molar-refractivity contribution in [1.29, 1.82) is 0 Å². The van der Waals surface area contributed by atoms with Crippen LogP contribution < -0.4 is 0 Å². The van der Waals surface area contributed by atoms with E-state index in [1.165, 1.54) is 12.8 Å². The van der Waals surface area contributed by atoms with Crippen LogP contribution in [0, 0.1) is 0 Å². The Bertz CT molecular complexity index is 488. The molecule has 0 aromatic carbocycles. The number of β-amino-alcohol motifs (C(OH)–C–C–N with tert-alkyl or cyclic N) is 1. The molecule has 21 heavy (non-hydrogen) atoms. The van der Waals surface area contributed by atoms with Crippen LogP contribution in [0.3, 0.4) is 0 Å². The Morgan fingerprint density at radius 1 is 1.24 bits per heavy atom. The normalized spacial score (nSPS) is 27.0. The average Bonchev–Trinajstić information content (AvgIpc) is 2.99. The molecule has 0 saturated carbocycles. The van der Waals surface area contributed by atoms with Crippen molar-refractivity contribution in [2.75, 3.05) is 32.7 Å². The lowest BCUT2D eigenvalue weighted by molar-refractivity contribution is -0.0432. The predicted molar refractivity (Wildman–Crippen MR) is 80.0 cm³/mol. The monoisotopic (exact) mass is 289 g/mol. The van der Waals surface area contributed by atoms with E-state index in [0.29, 0.717) is 25.3 Å². The number of pyridine rings is 1. The first kappa shape index (κ1) is 14.5. The van der Waals surface area contributed by atoms with Gasteiger partial charge in [-0.3, -0.25) is 9.78 Å². The first-order chi connectivity index (χ1) is 10.2. The van der Waals surface area contributed by atoms with Gasteiger partial charge in [-0.2, -0.15) is 0 Å². The molecule has 3 rings (SSSR count). The van der Waals surface area contributed by atoms with Crippen LogP contribution >= 0.6 is 0 Å². The molecule has 2 fully saturated rings. The number of hydrogen-bond donors (Lipinski definition) is 1. The lowest BCUT2D eigenvalue weighted by Gasteiger charge is -2.41. The number of carbonyl (C=O) groups is 1. The topological polar surface area (TPSA) is 56.7 Å². The third-order valence-electron chi connectivity index (χ3n) is 4.44. The minimum Gasteiger partial charge on any atom is -0.387 e. The van der Waals surface area contributed by atoms with Crippen molar-refractivity contribution in [2.24, 2.45) is 0 Å². The molecule has 0 bridgehead atoms. The first-order valence-corrected chi connectivity index (χ1v) is 7.81. The summed E-state index contributed by atoms with van der Waals surface area (Å²) < 4.78 is 0. The van der Waals surface area contributed by atoms with Gasteiger partial charge in [0.25, 0.3) is 5.91 Å². The van der Waals surface area contributed by atoms with Crippen LogP contribution in [0.25, 0.3) is 0 Å². The van der Waals surface area contributed by atoms with Gasteiger partial charge in [-0.05, 0) is 50.9 Å². The van der Waals surface area contributed by atoms with E-state index in [0.717, 1.165) is 25.9 Å². The van der Waals surface area contributed by atoms with E-state index in [9.17, 15) is 9.90 Å². The van der Waals surface area contributed by atoms with E-state index in [4.69, 9.17) is 0 Å². The highest BCUT2D eigenvalue weighted by Crippen LogP contribution is 2.25. The van der Waals surface area contributed by atoms with Gasteiger partial charge in [0.1, 0.15) is 5.69 Å². The van der Waals surface area contributed by atoms with Gasteiger partial charge in [-0.25, -0.2) is 0 Å². The Balaban J connectivity index is 1.66. The molecule has 1 amide bonds. The largest absolute Gasteiger partial charge is 0.387 e. The summed E-state index contributed by atoms with van der Waals surface area (Å²) in [4.78, 5) is 20.7. The maximum atomic E-state index is 12.5.